The van der Waals surface area contributed by atoms with Crippen LogP contribution < -0.4 is 0 Å². The van der Waals surface area contributed by atoms with E-state index in [0.29, 0.717) is 6.42 Å². The molecular formula is C12H22O4. The Morgan fingerprint density at radius 3 is 2.38 bits per heavy atom. The molecule has 0 bridgehead atoms. The lowest BCUT2D eigenvalue weighted by atomic mass is 9.97. The molecule has 0 aliphatic rings. The van der Waals surface area contributed by atoms with E-state index in [1.165, 1.54) is 6.92 Å². The molecule has 94 valence electrons. The van der Waals surface area contributed by atoms with Crippen LogP contribution in [0.1, 0.15) is 52.9 Å². The Labute approximate surface area is 97.0 Å². The van der Waals surface area contributed by atoms with Crippen LogP contribution in [0.25, 0.3) is 0 Å². The minimum absolute atomic E-state index is 0.0912. The van der Waals surface area contributed by atoms with Crippen molar-refractivity contribution in [1.82, 2.24) is 0 Å². The van der Waals surface area contributed by atoms with Gasteiger partial charge in [0.1, 0.15) is 5.78 Å². The molecular weight excluding hydrogens is 208 g/mol. The van der Waals surface area contributed by atoms with Gasteiger partial charge in [-0.05, 0) is 20.3 Å². The fourth-order valence-electron chi connectivity index (χ4n) is 1.40. The summed E-state index contributed by atoms with van der Waals surface area (Å²) < 4.78 is 4.69. The van der Waals surface area contributed by atoms with Crippen LogP contribution in [0.4, 0.5) is 0 Å². The fourth-order valence-corrected chi connectivity index (χ4v) is 1.40. The first kappa shape index (κ1) is 15.1. The van der Waals surface area contributed by atoms with Crippen molar-refractivity contribution in [3.8, 4) is 0 Å². The maximum absolute atomic E-state index is 11.5. The predicted molar refractivity (Wildman–Crippen MR) is 61.0 cm³/mol. The largest absolute Gasteiger partial charge is 0.464 e. The van der Waals surface area contributed by atoms with Crippen molar-refractivity contribution in [2.45, 2.75) is 58.5 Å². The van der Waals surface area contributed by atoms with Gasteiger partial charge in [-0.3, -0.25) is 4.79 Å². The molecule has 0 aromatic rings. The molecule has 0 heterocycles. The van der Waals surface area contributed by atoms with Gasteiger partial charge in [0.15, 0.2) is 5.60 Å². The van der Waals surface area contributed by atoms with Gasteiger partial charge in [-0.25, -0.2) is 4.79 Å². The van der Waals surface area contributed by atoms with Crippen molar-refractivity contribution >= 4 is 11.8 Å². The molecule has 0 rings (SSSR count). The smallest absolute Gasteiger partial charge is 0.338 e. The summed E-state index contributed by atoms with van der Waals surface area (Å²) in [5.41, 5.74) is -1.68. The average Bonchev–Trinajstić information content (AvgIpc) is 2.17. The Morgan fingerprint density at radius 1 is 1.25 bits per heavy atom. The van der Waals surface area contributed by atoms with Crippen LogP contribution in [0.15, 0.2) is 0 Å². The van der Waals surface area contributed by atoms with Gasteiger partial charge in [0.05, 0.1) is 6.61 Å². The van der Waals surface area contributed by atoms with Crippen LogP contribution in [0.2, 0.25) is 0 Å². The Bertz CT molecular complexity index is 233. The van der Waals surface area contributed by atoms with Crippen molar-refractivity contribution in [3.63, 3.8) is 0 Å². The first-order chi connectivity index (χ1) is 7.44. The number of Topliss-reactive ketones (excluding diaryl/α,β-unsaturated/α-hetero) is 1. The van der Waals surface area contributed by atoms with Gasteiger partial charge in [0, 0.05) is 12.8 Å². The maximum Gasteiger partial charge on any atom is 0.338 e. The van der Waals surface area contributed by atoms with Crippen LogP contribution in [-0.2, 0) is 14.3 Å². The van der Waals surface area contributed by atoms with Crippen LogP contribution in [-0.4, -0.2) is 29.1 Å². The first-order valence-corrected chi connectivity index (χ1v) is 5.85. The molecule has 0 fully saturated rings. The number of hydrogen-bond acceptors (Lipinski definition) is 4. The van der Waals surface area contributed by atoms with Crippen LogP contribution in [0.3, 0.4) is 0 Å². The van der Waals surface area contributed by atoms with E-state index in [1.807, 2.05) is 0 Å². The van der Waals surface area contributed by atoms with Gasteiger partial charge >= 0.3 is 5.97 Å². The summed E-state index contributed by atoms with van der Waals surface area (Å²) in [5, 5.41) is 9.75. The van der Waals surface area contributed by atoms with E-state index < -0.39 is 11.6 Å². The zero-order valence-electron chi connectivity index (χ0n) is 10.4. The number of ether oxygens (including phenoxy) is 1. The van der Waals surface area contributed by atoms with E-state index in [0.717, 1.165) is 19.3 Å². The second kappa shape index (κ2) is 7.39. The number of unbranched alkanes of at least 4 members (excludes halogenated alkanes) is 2. The molecule has 0 aliphatic heterocycles. The number of esters is 1. The van der Waals surface area contributed by atoms with Crippen molar-refractivity contribution in [1.29, 1.82) is 0 Å². The summed E-state index contributed by atoms with van der Waals surface area (Å²) in [4.78, 5) is 22.8. The van der Waals surface area contributed by atoms with Gasteiger partial charge in [0.25, 0.3) is 0 Å². The summed E-state index contributed by atoms with van der Waals surface area (Å²) in [6, 6.07) is 0. The maximum atomic E-state index is 11.5. The van der Waals surface area contributed by atoms with Crippen molar-refractivity contribution in [2.75, 3.05) is 6.61 Å². The Morgan fingerprint density at radius 2 is 1.88 bits per heavy atom. The molecule has 0 radical (unpaired) electrons. The number of hydrogen-bond donors (Lipinski definition) is 1. The zero-order valence-corrected chi connectivity index (χ0v) is 10.4. The average molecular weight is 230 g/mol. The Hall–Kier alpha value is -0.900. The molecule has 0 saturated heterocycles. The molecule has 0 saturated carbocycles. The SMILES string of the molecule is CCCCCC(=O)CC(C)(O)C(=O)OCC. The number of carbonyl (C=O) groups is 2. The Kier molecular flexibility index (Phi) is 6.97. The van der Waals surface area contributed by atoms with E-state index in [2.05, 4.69) is 6.92 Å². The molecule has 1 N–H and O–H groups in total. The fraction of sp³-hybridized carbons (Fsp3) is 0.833. The third kappa shape index (κ3) is 5.85. The summed E-state index contributed by atoms with van der Waals surface area (Å²) in [5.74, 6) is -0.814. The lowest BCUT2D eigenvalue weighted by Crippen LogP contribution is -2.39. The minimum atomic E-state index is -1.68. The second-order valence-corrected chi connectivity index (χ2v) is 4.17. The molecule has 4 heteroatoms. The van der Waals surface area contributed by atoms with Crippen molar-refractivity contribution < 1.29 is 19.4 Å². The Balaban J connectivity index is 4.04. The van der Waals surface area contributed by atoms with Crippen LogP contribution >= 0.6 is 0 Å². The van der Waals surface area contributed by atoms with E-state index in [-0.39, 0.29) is 18.8 Å². The quantitative estimate of drug-likeness (QED) is 0.510. The number of aliphatic hydroxyl groups is 1. The highest BCUT2D eigenvalue weighted by Crippen LogP contribution is 2.14. The van der Waals surface area contributed by atoms with E-state index >= 15 is 0 Å². The summed E-state index contributed by atoms with van der Waals surface area (Å²) >= 11 is 0. The third-order valence-electron chi connectivity index (χ3n) is 2.32. The molecule has 0 aromatic heterocycles. The number of ketones is 1. The molecule has 0 aliphatic carbocycles. The number of carbonyl (C=O) groups excluding carboxylic acids is 2. The zero-order chi connectivity index (χ0) is 12.6. The molecule has 0 amide bonds. The van der Waals surface area contributed by atoms with E-state index in [9.17, 15) is 14.7 Å². The van der Waals surface area contributed by atoms with E-state index in [1.54, 1.807) is 6.92 Å². The highest BCUT2D eigenvalue weighted by molar-refractivity contribution is 5.88. The summed E-state index contributed by atoms with van der Waals surface area (Å²) in [6.45, 7) is 5.25. The van der Waals surface area contributed by atoms with Gasteiger partial charge in [-0.15, -0.1) is 0 Å². The topological polar surface area (TPSA) is 63.6 Å². The highest BCUT2D eigenvalue weighted by atomic mass is 16.5. The lowest BCUT2D eigenvalue weighted by Gasteiger charge is -2.19. The first-order valence-electron chi connectivity index (χ1n) is 5.85. The van der Waals surface area contributed by atoms with Gasteiger partial charge in [-0.2, -0.15) is 0 Å². The number of rotatable bonds is 8. The normalized spacial score (nSPS) is 14.2. The summed E-state index contributed by atoms with van der Waals surface area (Å²) in [6.07, 6.45) is 3.11. The van der Waals surface area contributed by atoms with Crippen molar-refractivity contribution in [3.05, 3.63) is 0 Å². The summed E-state index contributed by atoms with van der Waals surface area (Å²) in [7, 11) is 0. The predicted octanol–water partition coefficient (Wildman–Crippen LogP) is 1.84. The van der Waals surface area contributed by atoms with Crippen LogP contribution in [0, 0.1) is 0 Å². The van der Waals surface area contributed by atoms with Crippen LogP contribution in [0.5, 0.6) is 0 Å². The lowest BCUT2D eigenvalue weighted by molar-refractivity contribution is -0.165. The molecule has 4 nitrogen and oxygen atoms in total. The highest BCUT2D eigenvalue weighted by Gasteiger charge is 2.33. The molecule has 16 heavy (non-hydrogen) atoms. The molecule has 1 unspecified atom stereocenters. The molecule has 0 spiro atoms. The van der Waals surface area contributed by atoms with Gasteiger partial charge < -0.3 is 9.84 Å². The second-order valence-electron chi connectivity index (χ2n) is 4.17. The van der Waals surface area contributed by atoms with Crippen molar-refractivity contribution in [2.24, 2.45) is 0 Å². The standard InChI is InChI=1S/C12H22O4/c1-4-6-7-8-10(13)9-12(3,15)11(14)16-5-2/h15H,4-9H2,1-3H3. The monoisotopic (exact) mass is 230 g/mol. The van der Waals surface area contributed by atoms with Gasteiger partial charge in [-0.1, -0.05) is 19.8 Å². The molecule has 0 aromatic carbocycles. The van der Waals surface area contributed by atoms with E-state index in [4.69, 9.17) is 4.74 Å². The minimum Gasteiger partial charge on any atom is -0.464 e. The third-order valence-corrected chi connectivity index (χ3v) is 2.32. The van der Waals surface area contributed by atoms with Gasteiger partial charge in [0.2, 0.25) is 0 Å². The molecule has 1 atom stereocenters.